The Morgan fingerprint density at radius 3 is 2.58 bits per heavy atom. The van der Waals surface area contributed by atoms with E-state index >= 15 is 0 Å². The molecule has 0 spiro atoms. The van der Waals surface area contributed by atoms with Gasteiger partial charge in [0.1, 0.15) is 5.75 Å². The molecule has 6 nitrogen and oxygen atoms in total. The lowest BCUT2D eigenvalue weighted by atomic mass is 9.74. The number of aryl methyl sites for hydroxylation is 1. The number of carbonyl (C=O) groups excluding carboxylic acids is 1. The van der Waals surface area contributed by atoms with Crippen LogP contribution in [0, 0.1) is 18.3 Å². The molecule has 5 rings (SSSR count). The highest BCUT2D eigenvalue weighted by atomic mass is 16.5. The Morgan fingerprint density at radius 2 is 1.86 bits per heavy atom. The van der Waals surface area contributed by atoms with Crippen LogP contribution in [-0.4, -0.2) is 52.6 Å². The molecule has 1 saturated carbocycles. The van der Waals surface area contributed by atoms with Gasteiger partial charge in [-0.3, -0.25) is 4.79 Å². The van der Waals surface area contributed by atoms with E-state index in [-0.39, 0.29) is 17.2 Å². The zero-order chi connectivity index (χ0) is 25.4. The van der Waals surface area contributed by atoms with Gasteiger partial charge in [-0.1, -0.05) is 43.7 Å². The summed E-state index contributed by atoms with van der Waals surface area (Å²) in [6.45, 7) is 9.41. The molecule has 3 aliphatic rings. The number of rotatable bonds is 5. The summed E-state index contributed by atoms with van der Waals surface area (Å²) in [6, 6.07) is 14.0. The van der Waals surface area contributed by atoms with Crippen molar-refractivity contribution in [1.29, 1.82) is 0 Å². The number of carboxylic acid groups (broad SMARTS) is 1. The van der Waals surface area contributed by atoms with Crippen LogP contribution in [0.15, 0.2) is 42.5 Å². The van der Waals surface area contributed by atoms with Crippen molar-refractivity contribution in [3.8, 4) is 5.75 Å². The molecule has 36 heavy (non-hydrogen) atoms. The molecular weight excluding hydrogens is 452 g/mol. The summed E-state index contributed by atoms with van der Waals surface area (Å²) in [5.74, 6) is 0.933. The van der Waals surface area contributed by atoms with E-state index in [1.807, 2.05) is 23.1 Å². The fraction of sp³-hybridized carbons (Fsp3) is 0.533. The Hall–Kier alpha value is -2.86. The number of amides is 1. The molecule has 0 unspecified atom stereocenters. The quantitative estimate of drug-likeness (QED) is 0.604. The van der Waals surface area contributed by atoms with Crippen LogP contribution in [0.3, 0.4) is 0 Å². The van der Waals surface area contributed by atoms with Gasteiger partial charge < -0.3 is 19.6 Å². The average Bonchev–Trinajstić information content (AvgIpc) is 3.35. The first-order valence-corrected chi connectivity index (χ1v) is 13.4. The van der Waals surface area contributed by atoms with Gasteiger partial charge in [-0.15, -0.1) is 0 Å². The molecule has 0 radical (unpaired) electrons. The largest absolute Gasteiger partial charge is 0.478 e. The van der Waals surface area contributed by atoms with Crippen LogP contribution in [0.2, 0.25) is 0 Å². The lowest BCUT2D eigenvalue weighted by Gasteiger charge is -2.41. The van der Waals surface area contributed by atoms with Crippen molar-refractivity contribution in [1.82, 2.24) is 9.80 Å². The first-order valence-electron chi connectivity index (χ1n) is 13.4. The summed E-state index contributed by atoms with van der Waals surface area (Å²) in [6.07, 6.45) is 4.93. The Labute approximate surface area is 214 Å². The van der Waals surface area contributed by atoms with Crippen molar-refractivity contribution in [3.05, 3.63) is 64.7 Å². The number of benzene rings is 2. The van der Waals surface area contributed by atoms with E-state index in [1.165, 1.54) is 5.56 Å². The summed E-state index contributed by atoms with van der Waals surface area (Å²) in [5, 5.41) is 9.34. The number of carbonyl (C=O) groups is 2. The first-order chi connectivity index (χ1) is 17.3. The Morgan fingerprint density at radius 1 is 1.08 bits per heavy atom. The van der Waals surface area contributed by atoms with E-state index in [9.17, 15) is 14.7 Å². The maximum atomic E-state index is 14.0. The van der Waals surface area contributed by atoms with Gasteiger partial charge >= 0.3 is 5.97 Å². The third-order valence-corrected chi connectivity index (χ3v) is 8.95. The van der Waals surface area contributed by atoms with Gasteiger partial charge in [-0.25, -0.2) is 4.79 Å². The fourth-order valence-electron chi connectivity index (χ4n) is 6.67. The molecule has 2 aromatic carbocycles. The predicted molar refractivity (Wildman–Crippen MR) is 139 cm³/mol. The standard InChI is InChI=1S/C30H38N2O4/c1-20(2)30(29(35)32-18-25-15-21(3)7-8-27(25)36-19-32)12-9-26(17-30)31-13-10-22(11-14-31)23-5-4-6-24(16-23)28(33)34/h4-8,15-16,20,22,26H,9-14,17-19H2,1-3H3,(H,33,34)/t26-,30+/m1/s1. The average molecular weight is 491 g/mol. The van der Waals surface area contributed by atoms with E-state index in [0.717, 1.165) is 62.1 Å². The van der Waals surface area contributed by atoms with Crippen molar-refractivity contribution >= 4 is 11.9 Å². The maximum absolute atomic E-state index is 14.0. The molecular formula is C30H38N2O4. The Bertz CT molecular complexity index is 1140. The Kier molecular flexibility index (Phi) is 6.82. The second-order valence-corrected chi connectivity index (χ2v) is 11.3. The highest BCUT2D eigenvalue weighted by molar-refractivity contribution is 5.87. The molecule has 2 aliphatic heterocycles. The van der Waals surface area contributed by atoms with E-state index in [0.29, 0.717) is 30.8 Å². The molecule has 1 aliphatic carbocycles. The molecule has 1 amide bonds. The third-order valence-electron chi connectivity index (χ3n) is 8.95. The van der Waals surface area contributed by atoms with Crippen molar-refractivity contribution in [2.24, 2.45) is 11.3 Å². The molecule has 0 bridgehead atoms. The summed E-state index contributed by atoms with van der Waals surface area (Å²) in [7, 11) is 0. The molecule has 6 heteroatoms. The van der Waals surface area contributed by atoms with Gasteiger partial charge in [-0.2, -0.15) is 0 Å². The Balaban J connectivity index is 1.24. The SMILES string of the molecule is Cc1ccc2c(c1)CN(C(=O)[C@@]1(C(C)C)CC[C@@H](N3CCC(c4cccc(C(=O)O)c4)CC3)C1)CO2. The number of carboxylic acids is 1. The number of aromatic carboxylic acids is 1. The molecule has 1 N–H and O–H groups in total. The van der Waals surface area contributed by atoms with Gasteiger partial charge in [0.2, 0.25) is 5.91 Å². The molecule has 2 fully saturated rings. The molecule has 1 saturated heterocycles. The van der Waals surface area contributed by atoms with Gasteiger partial charge in [0.05, 0.1) is 17.5 Å². The van der Waals surface area contributed by atoms with E-state index in [4.69, 9.17) is 4.74 Å². The zero-order valence-corrected chi connectivity index (χ0v) is 21.7. The number of fused-ring (bicyclic) bond motifs is 1. The fourth-order valence-corrected chi connectivity index (χ4v) is 6.67. The minimum atomic E-state index is -0.868. The third kappa shape index (κ3) is 4.63. The normalized spacial score (nSPS) is 25.0. The van der Waals surface area contributed by atoms with Crippen molar-refractivity contribution in [3.63, 3.8) is 0 Å². The van der Waals surface area contributed by atoms with E-state index in [1.54, 1.807) is 6.07 Å². The lowest BCUT2D eigenvalue weighted by molar-refractivity contribution is -0.150. The summed E-state index contributed by atoms with van der Waals surface area (Å²) >= 11 is 0. The van der Waals surface area contributed by atoms with Crippen LogP contribution in [0.1, 0.15) is 78.9 Å². The van der Waals surface area contributed by atoms with Crippen molar-refractivity contribution < 1.29 is 19.4 Å². The monoisotopic (exact) mass is 490 g/mol. The minimum Gasteiger partial charge on any atom is -0.478 e. The maximum Gasteiger partial charge on any atom is 0.335 e. The predicted octanol–water partition coefficient (Wildman–Crippen LogP) is 5.45. The van der Waals surface area contributed by atoms with Crippen molar-refractivity contribution in [2.75, 3.05) is 19.8 Å². The number of likely N-dealkylation sites (tertiary alicyclic amines) is 1. The van der Waals surface area contributed by atoms with Crippen LogP contribution in [0.4, 0.5) is 0 Å². The highest BCUT2D eigenvalue weighted by Crippen LogP contribution is 2.48. The molecule has 0 aromatic heterocycles. The van der Waals surface area contributed by atoms with Crippen LogP contribution in [-0.2, 0) is 11.3 Å². The minimum absolute atomic E-state index is 0.243. The van der Waals surface area contributed by atoms with Crippen LogP contribution in [0.25, 0.3) is 0 Å². The first kappa shape index (κ1) is 24.8. The number of piperidine rings is 1. The van der Waals surface area contributed by atoms with Gasteiger partial charge in [-0.05, 0) is 87.7 Å². The van der Waals surface area contributed by atoms with E-state index in [2.05, 4.69) is 43.9 Å². The van der Waals surface area contributed by atoms with Crippen LogP contribution in [0.5, 0.6) is 5.75 Å². The second-order valence-electron chi connectivity index (χ2n) is 11.3. The summed E-state index contributed by atoms with van der Waals surface area (Å²) < 4.78 is 5.97. The second kappa shape index (κ2) is 9.89. The summed E-state index contributed by atoms with van der Waals surface area (Å²) in [4.78, 5) is 29.9. The topological polar surface area (TPSA) is 70.1 Å². The lowest BCUT2D eigenvalue weighted by Crippen LogP contribution is -2.49. The molecule has 2 aromatic rings. The van der Waals surface area contributed by atoms with E-state index < -0.39 is 5.97 Å². The van der Waals surface area contributed by atoms with Crippen LogP contribution >= 0.6 is 0 Å². The van der Waals surface area contributed by atoms with Crippen molar-refractivity contribution in [2.45, 2.75) is 71.4 Å². The number of hydrogen-bond donors (Lipinski definition) is 1. The molecule has 2 atom stereocenters. The zero-order valence-electron chi connectivity index (χ0n) is 21.7. The number of ether oxygens (including phenoxy) is 1. The molecule has 192 valence electrons. The molecule has 2 heterocycles. The van der Waals surface area contributed by atoms with Gasteiger partial charge in [0, 0.05) is 11.6 Å². The number of hydrogen-bond acceptors (Lipinski definition) is 4. The van der Waals surface area contributed by atoms with Gasteiger partial charge in [0.15, 0.2) is 6.73 Å². The number of nitrogens with zero attached hydrogens (tertiary/aromatic N) is 2. The van der Waals surface area contributed by atoms with Crippen LogP contribution < -0.4 is 4.74 Å². The highest BCUT2D eigenvalue weighted by Gasteiger charge is 2.51. The summed E-state index contributed by atoms with van der Waals surface area (Å²) in [5.41, 5.74) is 3.43. The smallest absolute Gasteiger partial charge is 0.335 e. The van der Waals surface area contributed by atoms with Gasteiger partial charge in [0.25, 0.3) is 0 Å².